The van der Waals surface area contributed by atoms with Gasteiger partial charge < -0.3 is 9.47 Å². The summed E-state index contributed by atoms with van der Waals surface area (Å²) in [4.78, 5) is 39.3. The van der Waals surface area contributed by atoms with E-state index in [1.54, 1.807) is 50.2 Å². The highest BCUT2D eigenvalue weighted by Gasteiger charge is 2.65. The lowest BCUT2D eigenvalue weighted by atomic mass is 9.63. The molecule has 0 saturated carbocycles. The fourth-order valence-electron chi connectivity index (χ4n) is 3.71. The van der Waals surface area contributed by atoms with Gasteiger partial charge in [0.1, 0.15) is 6.10 Å². The smallest absolute Gasteiger partial charge is 0.332 e. The van der Waals surface area contributed by atoms with Gasteiger partial charge in [-0.2, -0.15) is 0 Å². The number of rotatable bonds is 4. The fraction of sp³-hybridized carbons (Fsp3) is 0.318. The molecule has 0 N–H and O–H groups in total. The number of Topliss-reactive ketones (excluding diaryl/α,β-unsaturated/α-hetero) is 1. The van der Waals surface area contributed by atoms with Gasteiger partial charge in [0, 0.05) is 6.42 Å². The second-order valence-electron chi connectivity index (χ2n) is 7.31. The zero-order valence-electron chi connectivity index (χ0n) is 15.6. The Morgan fingerprint density at radius 1 is 1.00 bits per heavy atom. The van der Waals surface area contributed by atoms with Crippen molar-refractivity contribution in [1.82, 2.24) is 0 Å². The lowest BCUT2D eigenvalue weighted by molar-refractivity contribution is -0.196. The van der Waals surface area contributed by atoms with Gasteiger partial charge in [0.2, 0.25) is 5.41 Å². The van der Waals surface area contributed by atoms with Gasteiger partial charge in [-0.25, -0.2) is 0 Å². The summed E-state index contributed by atoms with van der Waals surface area (Å²) in [6, 6.07) is 18.0. The first-order valence-electron chi connectivity index (χ1n) is 8.77. The lowest BCUT2D eigenvalue weighted by Gasteiger charge is -2.44. The highest BCUT2D eigenvalue weighted by atomic mass is 16.6. The number of esters is 2. The fourth-order valence-corrected chi connectivity index (χ4v) is 3.71. The number of carbonyl (C=O) groups is 3. The number of cyclic esters (lactones) is 1. The minimum atomic E-state index is -2.01. The number of ether oxygens (including phenoxy) is 2. The van der Waals surface area contributed by atoms with E-state index < -0.39 is 34.7 Å². The van der Waals surface area contributed by atoms with E-state index in [0.717, 1.165) is 0 Å². The Labute approximate surface area is 158 Å². The quantitative estimate of drug-likeness (QED) is 0.613. The first-order chi connectivity index (χ1) is 12.8. The van der Waals surface area contributed by atoms with E-state index in [-0.39, 0.29) is 6.42 Å². The van der Waals surface area contributed by atoms with Crippen LogP contribution in [0.15, 0.2) is 60.7 Å². The molecule has 1 heterocycles. The van der Waals surface area contributed by atoms with E-state index in [2.05, 4.69) is 0 Å². The SMILES string of the molecule is COC(=O)[C@]1(Cc2ccccc2)C(=O)O[C@H](c2ccccc2)C(C)(C)C1=O. The van der Waals surface area contributed by atoms with Crippen LogP contribution in [0.4, 0.5) is 0 Å². The van der Waals surface area contributed by atoms with Gasteiger partial charge in [0.05, 0.1) is 12.5 Å². The Hall–Kier alpha value is -2.95. The van der Waals surface area contributed by atoms with Gasteiger partial charge in [-0.05, 0) is 25.0 Å². The molecule has 2 atom stereocenters. The highest BCUT2D eigenvalue weighted by Crippen LogP contribution is 2.49. The topological polar surface area (TPSA) is 69.7 Å². The minimum Gasteiger partial charge on any atom is -0.468 e. The molecule has 2 aromatic carbocycles. The average molecular weight is 366 g/mol. The van der Waals surface area contributed by atoms with Gasteiger partial charge >= 0.3 is 11.9 Å². The maximum absolute atomic E-state index is 13.6. The summed E-state index contributed by atoms with van der Waals surface area (Å²) in [5.74, 6) is -2.24. The van der Waals surface area contributed by atoms with Crippen LogP contribution in [0, 0.1) is 10.8 Å². The van der Waals surface area contributed by atoms with Crippen LogP contribution in [0.5, 0.6) is 0 Å². The van der Waals surface area contributed by atoms with Crippen molar-refractivity contribution in [3.05, 3.63) is 71.8 Å². The first kappa shape index (κ1) is 18.8. The predicted molar refractivity (Wildman–Crippen MR) is 98.7 cm³/mol. The Morgan fingerprint density at radius 2 is 1.56 bits per heavy atom. The largest absolute Gasteiger partial charge is 0.468 e. The van der Waals surface area contributed by atoms with Gasteiger partial charge in [0.25, 0.3) is 0 Å². The molecule has 0 aliphatic carbocycles. The lowest BCUT2D eigenvalue weighted by Crippen LogP contribution is -2.60. The number of ketones is 1. The molecular formula is C22H22O5. The van der Waals surface area contributed by atoms with Crippen molar-refractivity contribution in [3.8, 4) is 0 Å². The summed E-state index contributed by atoms with van der Waals surface area (Å²) in [5, 5.41) is 0. The van der Waals surface area contributed by atoms with Crippen molar-refractivity contribution < 1.29 is 23.9 Å². The third kappa shape index (κ3) is 3.03. The van der Waals surface area contributed by atoms with Gasteiger partial charge in [-0.3, -0.25) is 14.4 Å². The van der Waals surface area contributed by atoms with Crippen LogP contribution in [-0.4, -0.2) is 24.8 Å². The van der Waals surface area contributed by atoms with Crippen LogP contribution < -0.4 is 0 Å². The van der Waals surface area contributed by atoms with Crippen molar-refractivity contribution >= 4 is 17.7 Å². The molecule has 0 bridgehead atoms. The van der Waals surface area contributed by atoms with Gasteiger partial charge in [0.15, 0.2) is 5.78 Å². The number of hydrogen-bond acceptors (Lipinski definition) is 5. The number of benzene rings is 2. The number of hydrogen-bond donors (Lipinski definition) is 0. The zero-order chi connectivity index (χ0) is 19.7. The van der Waals surface area contributed by atoms with E-state index in [4.69, 9.17) is 9.47 Å². The Bertz CT molecular complexity index is 857. The standard InChI is InChI=1S/C22H22O5/c1-21(2)17(16-12-8-5-9-13-16)27-20(25)22(18(21)23,19(24)26-3)14-15-10-6-4-7-11-15/h4-13,17H,14H2,1-3H3/t17-,22-/m1/s1. The van der Waals surface area contributed by atoms with E-state index in [1.807, 2.05) is 24.3 Å². The molecule has 0 unspecified atom stereocenters. The number of carbonyl (C=O) groups excluding carboxylic acids is 3. The molecular weight excluding hydrogens is 344 g/mol. The summed E-state index contributed by atoms with van der Waals surface area (Å²) in [7, 11) is 1.17. The molecule has 0 radical (unpaired) electrons. The van der Waals surface area contributed by atoms with Crippen LogP contribution in [0.1, 0.15) is 31.1 Å². The summed E-state index contributed by atoms with van der Waals surface area (Å²) in [6.07, 6.45) is -0.865. The van der Waals surface area contributed by atoms with Crippen molar-refractivity contribution in [3.63, 3.8) is 0 Å². The summed E-state index contributed by atoms with van der Waals surface area (Å²) >= 11 is 0. The molecule has 140 valence electrons. The summed E-state index contributed by atoms with van der Waals surface area (Å²) in [6.45, 7) is 3.39. The third-order valence-corrected chi connectivity index (χ3v) is 5.15. The molecule has 5 nitrogen and oxygen atoms in total. The molecule has 0 amide bonds. The monoisotopic (exact) mass is 366 g/mol. The first-order valence-corrected chi connectivity index (χ1v) is 8.77. The van der Waals surface area contributed by atoms with E-state index >= 15 is 0 Å². The van der Waals surface area contributed by atoms with Crippen LogP contribution in [-0.2, 0) is 30.3 Å². The average Bonchev–Trinajstić information content (AvgIpc) is 2.69. The van der Waals surface area contributed by atoms with E-state index in [1.165, 1.54) is 7.11 Å². The van der Waals surface area contributed by atoms with Gasteiger partial charge in [-0.1, -0.05) is 60.7 Å². The molecule has 1 aliphatic heterocycles. The maximum Gasteiger partial charge on any atom is 0.332 e. The zero-order valence-corrected chi connectivity index (χ0v) is 15.6. The Morgan fingerprint density at radius 3 is 2.11 bits per heavy atom. The normalized spacial score (nSPS) is 24.2. The van der Waals surface area contributed by atoms with Crippen LogP contribution >= 0.6 is 0 Å². The second-order valence-corrected chi connectivity index (χ2v) is 7.31. The summed E-state index contributed by atoms with van der Waals surface area (Å²) in [5.41, 5.74) is -1.71. The van der Waals surface area contributed by atoms with E-state index in [9.17, 15) is 14.4 Å². The Balaban J connectivity index is 2.09. The van der Waals surface area contributed by atoms with Gasteiger partial charge in [-0.15, -0.1) is 0 Å². The molecule has 1 fully saturated rings. The molecule has 1 aliphatic rings. The number of methoxy groups -OCH3 is 1. The van der Waals surface area contributed by atoms with Crippen molar-refractivity contribution in [1.29, 1.82) is 0 Å². The molecule has 3 rings (SSSR count). The third-order valence-electron chi connectivity index (χ3n) is 5.15. The van der Waals surface area contributed by atoms with Crippen LogP contribution in [0.3, 0.4) is 0 Å². The molecule has 2 aromatic rings. The van der Waals surface area contributed by atoms with Crippen LogP contribution in [0.25, 0.3) is 0 Å². The summed E-state index contributed by atoms with van der Waals surface area (Å²) < 4.78 is 10.6. The minimum absolute atomic E-state index is 0.0941. The molecule has 0 spiro atoms. The predicted octanol–water partition coefficient (Wildman–Crippen LogP) is 3.28. The Kier molecular flexibility index (Phi) is 4.87. The molecule has 1 saturated heterocycles. The van der Waals surface area contributed by atoms with Crippen molar-refractivity contribution in [2.45, 2.75) is 26.4 Å². The molecule has 5 heteroatoms. The maximum atomic E-state index is 13.6. The van der Waals surface area contributed by atoms with E-state index in [0.29, 0.717) is 11.1 Å². The van der Waals surface area contributed by atoms with Crippen molar-refractivity contribution in [2.75, 3.05) is 7.11 Å². The molecule has 0 aromatic heterocycles. The van der Waals surface area contributed by atoms with Crippen molar-refractivity contribution in [2.24, 2.45) is 10.8 Å². The molecule has 27 heavy (non-hydrogen) atoms. The highest BCUT2D eigenvalue weighted by molar-refractivity contribution is 6.23. The second kappa shape index (κ2) is 6.99. The van der Waals surface area contributed by atoms with Crippen LogP contribution in [0.2, 0.25) is 0 Å².